The third kappa shape index (κ3) is 6.70. The molecule has 0 heterocycles. The van der Waals surface area contributed by atoms with Gasteiger partial charge in [-0.1, -0.05) is 19.1 Å². The van der Waals surface area contributed by atoms with Crippen molar-refractivity contribution in [2.75, 3.05) is 23.9 Å². The van der Waals surface area contributed by atoms with Crippen LogP contribution in [0.25, 0.3) is 0 Å². The van der Waals surface area contributed by atoms with Crippen LogP contribution in [0.15, 0.2) is 53.4 Å². The summed E-state index contributed by atoms with van der Waals surface area (Å²) in [6.45, 7) is 3.53. The molecule has 10 heteroatoms. The number of carbonyl (C=O) groups is 1. The van der Waals surface area contributed by atoms with Gasteiger partial charge < -0.3 is 10.1 Å². The fourth-order valence-corrected chi connectivity index (χ4v) is 3.98. The number of amides is 1. The van der Waals surface area contributed by atoms with Gasteiger partial charge in [-0.15, -0.1) is 0 Å². The molecule has 0 radical (unpaired) electrons. The molecule has 1 N–H and O–H groups in total. The summed E-state index contributed by atoms with van der Waals surface area (Å²) >= 11 is 0. The zero-order valence-corrected chi connectivity index (χ0v) is 19.8. The normalized spacial score (nSPS) is 13.8. The highest BCUT2D eigenvalue weighted by atomic mass is 32.2. The average Bonchev–Trinajstić information content (AvgIpc) is 2.70. The summed E-state index contributed by atoms with van der Waals surface area (Å²) in [5.41, 5.74) is 1.28. The molecular weight excluding hydrogens is 440 g/mol. The number of hydrogen-bond donors (Lipinski definition) is 1. The number of sulfone groups is 1. The number of carbonyl (C=O) groups excluding carboxylic acids is 1. The highest BCUT2D eigenvalue weighted by Crippen LogP contribution is 2.22. The summed E-state index contributed by atoms with van der Waals surface area (Å²) < 4.78 is 53.3. The van der Waals surface area contributed by atoms with Crippen LogP contribution >= 0.6 is 0 Å². The van der Waals surface area contributed by atoms with E-state index in [9.17, 15) is 21.6 Å². The second-order valence-electron chi connectivity index (χ2n) is 7.30. The van der Waals surface area contributed by atoms with Crippen molar-refractivity contribution >= 4 is 31.5 Å². The average molecular weight is 469 g/mol. The van der Waals surface area contributed by atoms with E-state index in [0.717, 1.165) is 22.4 Å². The maximum Gasteiger partial charge on any atom is 0.261 e. The zero-order chi connectivity index (χ0) is 23.4. The van der Waals surface area contributed by atoms with E-state index in [2.05, 4.69) is 5.32 Å². The third-order valence-corrected chi connectivity index (χ3v) is 7.15. The van der Waals surface area contributed by atoms with E-state index in [1.807, 2.05) is 6.92 Å². The molecular formula is C21H28N2O6S2. The fraction of sp³-hybridized carbons (Fsp3) is 0.381. The molecule has 1 amide bonds. The van der Waals surface area contributed by atoms with Crippen LogP contribution in [-0.2, 0) is 24.7 Å². The second-order valence-corrected chi connectivity index (χ2v) is 11.3. The smallest absolute Gasteiger partial charge is 0.261 e. The van der Waals surface area contributed by atoms with E-state index in [1.54, 1.807) is 43.3 Å². The first-order chi connectivity index (χ1) is 14.3. The highest BCUT2D eigenvalue weighted by Gasteiger charge is 2.20. The Hall–Kier alpha value is -2.59. The molecule has 0 aliphatic rings. The molecule has 0 fully saturated rings. The number of rotatable bonds is 9. The minimum absolute atomic E-state index is 0.221. The van der Waals surface area contributed by atoms with Crippen molar-refractivity contribution in [2.45, 2.75) is 37.3 Å². The van der Waals surface area contributed by atoms with E-state index >= 15 is 0 Å². The number of anilines is 1. The number of hydrogen-bond acceptors (Lipinski definition) is 6. The van der Waals surface area contributed by atoms with Gasteiger partial charge in [0.15, 0.2) is 15.9 Å². The van der Waals surface area contributed by atoms with Gasteiger partial charge in [-0.3, -0.25) is 9.10 Å². The fourth-order valence-electron chi connectivity index (χ4n) is 2.84. The van der Waals surface area contributed by atoms with E-state index in [0.29, 0.717) is 17.9 Å². The summed E-state index contributed by atoms with van der Waals surface area (Å²) in [6.07, 6.45) is 2.08. The minimum Gasteiger partial charge on any atom is -0.481 e. The van der Waals surface area contributed by atoms with Crippen LogP contribution in [-0.4, -0.2) is 48.4 Å². The van der Waals surface area contributed by atoms with Crippen LogP contribution in [0.5, 0.6) is 5.75 Å². The van der Waals surface area contributed by atoms with Crippen LogP contribution < -0.4 is 14.4 Å². The van der Waals surface area contributed by atoms with Crippen molar-refractivity contribution in [3.8, 4) is 5.75 Å². The van der Waals surface area contributed by atoms with Crippen molar-refractivity contribution in [1.82, 2.24) is 5.32 Å². The molecule has 170 valence electrons. The molecule has 0 saturated heterocycles. The summed E-state index contributed by atoms with van der Waals surface area (Å²) in [7, 11) is -5.19. The minimum atomic E-state index is -3.36. The Balaban J connectivity index is 2.04. The standard InChI is InChI=1S/C21H28N2O6S2/c1-6-20(16-7-13-19(14-8-16)30(4,25)26)22-21(24)15(2)29-18-11-9-17(10-12-18)23(3)31(5,27)28/h7-15,20H,6H2,1-5H3,(H,22,24)/t15-,20+/m0/s1. The van der Waals surface area contributed by atoms with Gasteiger partial charge in [0.1, 0.15) is 5.75 Å². The molecule has 31 heavy (non-hydrogen) atoms. The number of benzene rings is 2. The van der Waals surface area contributed by atoms with Gasteiger partial charge in [0.2, 0.25) is 10.0 Å². The topological polar surface area (TPSA) is 110 Å². The first-order valence-corrected chi connectivity index (χ1v) is 13.4. The predicted molar refractivity (Wildman–Crippen MR) is 121 cm³/mol. The van der Waals surface area contributed by atoms with E-state index in [-0.39, 0.29) is 16.8 Å². The Labute approximate surface area is 184 Å². The molecule has 8 nitrogen and oxygen atoms in total. The van der Waals surface area contributed by atoms with Gasteiger partial charge in [0.25, 0.3) is 5.91 Å². The molecule has 0 aromatic heterocycles. The lowest BCUT2D eigenvalue weighted by Crippen LogP contribution is -2.38. The van der Waals surface area contributed by atoms with Gasteiger partial charge in [-0.25, -0.2) is 16.8 Å². The van der Waals surface area contributed by atoms with Crippen LogP contribution in [0.1, 0.15) is 31.9 Å². The van der Waals surface area contributed by atoms with Crippen molar-refractivity contribution < 1.29 is 26.4 Å². The van der Waals surface area contributed by atoms with Gasteiger partial charge in [0.05, 0.1) is 22.9 Å². The lowest BCUT2D eigenvalue weighted by molar-refractivity contribution is -0.128. The Morgan fingerprint density at radius 1 is 1.00 bits per heavy atom. The Bertz CT molecular complexity index is 1110. The Morgan fingerprint density at radius 2 is 1.55 bits per heavy atom. The summed E-state index contributed by atoms with van der Waals surface area (Å²) in [6, 6.07) is 12.5. The van der Waals surface area contributed by atoms with Crippen molar-refractivity contribution in [1.29, 1.82) is 0 Å². The molecule has 2 rings (SSSR count). The Kier molecular flexibility index (Phi) is 7.72. The lowest BCUT2D eigenvalue weighted by Gasteiger charge is -2.22. The van der Waals surface area contributed by atoms with Gasteiger partial charge >= 0.3 is 0 Å². The second kappa shape index (κ2) is 9.69. The quantitative estimate of drug-likeness (QED) is 0.606. The molecule has 0 aliphatic heterocycles. The maximum absolute atomic E-state index is 12.6. The summed E-state index contributed by atoms with van der Waals surface area (Å²) in [4.78, 5) is 12.8. The van der Waals surface area contributed by atoms with E-state index < -0.39 is 26.0 Å². The van der Waals surface area contributed by atoms with Crippen molar-refractivity contribution in [3.05, 3.63) is 54.1 Å². The SMILES string of the molecule is CC[C@@H](NC(=O)[C@H](C)Oc1ccc(N(C)S(C)(=O)=O)cc1)c1ccc(S(C)(=O)=O)cc1. The molecule has 2 aromatic rings. The molecule has 0 bridgehead atoms. The zero-order valence-electron chi connectivity index (χ0n) is 18.2. The Morgan fingerprint density at radius 3 is 2.00 bits per heavy atom. The molecule has 0 spiro atoms. The first-order valence-electron chi connectivity index (χ1n) is 9.64. The van der Waals surface area contributed by atoms with Crippen molar-refractivity contribution in [3.63, 3.8) is 0 Å². The van der Waals surface area contributed by atoms with Crippen LogP contribution in [0.4, 0.5) is 5.69 Å². The molecule has 2 aromatic carbocycles. The first kappa shape index (κ1) is 24.7. The predicted octanol–water partition coefficient (Wildman–Crippen LogP) is 2.52. The highest BCUT2D eigenvalue weighted by molar-refractivity contribution is 7.92. The molecule has 2 atom stereocenters. The molecule has 0 unspecified atom stereocenters. The van der Waals surface area contributed by atoms with Gasteiger partial charge in [-0.05, 0) is 55.3 Å². The third-order valence-electron chi connectivity index (χ3n) is 4.82. The maximum atomic E-state index is 12.6. The number of nitrogens with one attached hydrogen (secondary N) is 1. The van der Waals surface area contributed by atoms with Gasteiger partial charge in [-0.2, -0.15) is 0 Å². The molecule has 0 saturated carbocycles. The van der Waals surface area contributed by atoms with Crippen LogP contribution in [0, 0.1) is 0 Å². The summed E-state index contributed by atoms with van der Waals surface area (Å²) in [5.74, 6) is 0.107. The van der Waals surface area contributed by atoms with Gasteiger partial charge in [0, 0.05) is 13.3 Å². The van der Waals surface area contributed by atoms with E-state index in [1.165, 1.54) is 19.2 Å². The largest absolute Gasteiger partial charge is 0.481 e. The number of ether oxygens (including phenoxy) is 1. The van der Waals surface area contributed by atoms with Crippen molar-refractivity contribution in [2.24, 2.45) is 0 Å². The molecule has 0 aliphatic carbocycles. The van der Waals surface area contributed by atoms with E-state index in [4.69, 9.17) is 4.74 Å². The number of nitrogens with zero attached hydrogens (tertiary/aromatic N) is 1. The number of sulfonamides is 1. The monoisotopic (exact) mass is 468 g/mol. The van der Waals surface area contributed by atoms with Crippen LogP contribution in [0.3, 0.4) is 0 Å². The van der Waals surface area contributed by atoms with Crippen LogP contribution in [0.2, 0.25) is 0 Å². The summed E-state index contributed by atoms with van der Waals surface area (Å²) in [5, 5.41) is 2.91. The lowest BCUT2D eigenvalue weighted by atomic mass is 10.0.